The Morgan fingerprint density at radius 2 is 1.62 bits per heavy atom. The average Bonchev–Trinajstić information content (AvgIpc) is 2.72. The Hall–Kier alpha value is -3.57. The Morgan fingerprint density at radius 3 is 2.38 bits per heavy atom. The lowest BCUT2D eigenvalue weighted by Crippen LogP contribution is -2.13. The first kappa shape index (κ1) is 20.2. The maximum Gasteiger partial charge on any atom is 0.255 e. The zero-order chi connectivity index (χ0) is 20.6. The number of carbonyl (C=O) groups is 2. The zero-order valence-electron chi connectivity index (χ0n) is 15.7. The van der Waals surface area contributed by atoms with Gasteiger partial charge < -0.3 is 15.4 Å². The van der Waals surface area contributed by atoms with Crippen molar-refractivity contribution in [2.45, 2.75) is 0 Å². The van der Waals surface area contributed by atoms with E-state index in [0.717, 1.165) is 5.56 Å². The topological polar surface area (TPSA) is 67.4 Å². The normalized spacial score (nSPS) is 10.6. The van der Waals surface area contributed by atoms with Crippen LogP contribution in [0.3, 0.4) is 0 Å². The number of hydrogen-bond acceptors (Lipinski definition) is 3. The molecule has 0 unspecified atom stereocenters. The summed E-state index contributed by atoms with van der Waals surface area (Å²) in [4.78, 5) is 24.7. The van der Waals surface area contributed by atoms with E-state index in [-0.39, 0.29) is 11.8 Å². The molecule has 0 saturated carbocycles. The van der Waals surface area contributed by atoms with Crippen LogP contribution >= 0.6 is 11.6 Å². The summed E-state index contributed by atoms with van der Waals surface area (Å²) in [6, 6.07) is 21.0. The van der Waals surface area contributed by atoms with E-state index in [9.17, 15) is 9.59 Å². The molecule has 29 heavy (non-hydrogen) atoms. The van der Waals surface area contributed by atoms with Gasteiger partial charge in [0.15, 0.2) is 0 Å². The standard InChI is InChI=1S/C23H19ClN2O3/c1-29-21-11-3-2-6-16(21)12-13-22(27)25-19-9-4-7-17(14-19)23(28)26-20-10-5-8-18(24)15-20/h2-15H,1H3,(H,25,27)(H,26,28)/b13-12+. The number of nitrogens with one attached hydrogen (secondary N) is 2. The predicted molar refractivity (Wildman–Crippen MR) is 117 cm³/mol. The lowest BCUT2D eigenvalue weighted by molar-refractivity contribution is -0.111. The summed E-state index contributed by atoms with van der Waals surface area (Å²) in [6.07, 6.45) is 3.08. The summed E-state index contributed by atoms with van der Waals surface area (Å²) in [6.45, 7) is 0. The molecule has 146 valence electrons. The summed E-state index contributed by atoms with van der Waals surface area (Å²) in [5.74, 6) is 0.0625. The van der Waals surface area contributed by atoms with Crippen molar-refractivity contribution in [3.63, 3.8) is 0 Å². The van der Waals surface area contributed by atoms with Crippen LogP contribution in [0.15, 0.2) is 78.9 Å². The third-order valence-corrected chi connectivity index (χ3v) is 4.26. The van der Waals surface area contributed by atoms with Gasteiger partial charge >= 0.3 is 0 Å². The number of ether oxygens (including phenoxy) is 1. The second-order valence-electron chi connectivity index (χ2n) is 6.11. The van der Waals surface area contributed by atoms with Crippen LogP contribution in [0.4, 0.5) is 11.4 Å². The fourth-order valence-corrected chi connectivity index (χ4v) is 2.85. The van der Waals surface area contributed by atoms with Gasteiger partial charge in [-0.25, -0.2) is 0 Å². The lowest BCUT2D eigenvalue weighted by Gasteiger charge is -2.08. The van der Waals surface area contributed by atoms with Crippen LogP contribution < -0.4 is 15.4 Å². The molecule has 2 N–H and O–H groups in total. The van der Waals surface area contributed by atoms with Crippen molar-refractivity contribution in [3.05, 3.63) is 95.0 Å². The highest BCUT2D eigenvalue weighted by atomic mass is 35.5. The Bertz CT molecular complexity index is 1060. The van der Waals surface area contributed by atoms with Gasteiger partial charge in [-0.15, -0.1) is 0 Å². The first-order valence-electron chi connectivity index (χ1n) is 8.84. The van der Waals surface area contributed by atoms with Crippen molar-refractivity contribution in [1.82, 2.24) is 0 Å². The minimum atomic E-state index is -0.316. The monoisotopic (exact) mass is 406 g/mol. The smallest absolute Gasteiger partial charge is 0.255 e. The van der Waals surface area contributed by atoms with Crippen LogP contribution in [0, 0.1) is 0 Å². The molecular formula is C23H19ClN2O3. The molecule has 0 fully saturated rings. The first-order valence-corrected chi connectivity index (χ1v) is 9.22. The Balaban J connectivity index is 1.66. The number of methoxy groups -OCH3 is 1. The molecule has 0 aromatic heterocycles. The highest BCUT2D eigenvalue weighted by Crippen LogP contribution is 2.19. The van der Waals surface area contributed by atoms with E-state index in [0.29, 0.717) is 27.7 Å². The lowest BCUT2D eigenvalue weighted by atomic mass is 10.1. The number of benzene rings is 3. The van der Waals surface area contributed by atoms with Crippen molar-refractivity contribution in [3.8, 4) is 5.75 Å². The largest absolute Gasteiger partial charge is 0.496 e. The summed E-state index contributed by atoms with van der Waals surface area (Å²) in [5.41, 5.74) is 2.31. The van der Waals surface area contributed by atoms with Crippen LogP contribution in [0.2, 0.25) is 5.02 Å². The van der Waals surface area contributed by atoms with E-state index in [2.05, 4.69) is 10.6 Å². The maximum atomic E-state index is 12.4. The highest BCUT2D eigenvalue weighted by molar-refractivity contribution is 6.31. The minimum absolute atomic E-state index is 0.298. The van der Waals surface area contributed by atoms with Crippen LogP contribution in [-0.4, -0.2) is 18.9 Å². The molecule has 0 bridgehead atoms. The molecule has 2 amide bonds. The summed E-state index contributed by atoms with van der Waals surface area (Å²) < 4.78 is 5.26. The van der Waals surface area contributed by atoms with E-state index in [1.54, 1.807) is 61.7 Å². The molecule has 3 rings (SSSR count). The first-order chi connectivity index (χ1) is 14.0. The molecule has 6 heteroatoms. The van der Waals surface area contributed by atoms with Gasteiger partial charge in [-0.1, -0.05) is 41.9 Å². The number of para-hydroxylation sites is 1. The Labute approximate surface area is 174 Å². The van der Waals surface area contributed by atoms with Crippen molar-refractivity contribution < 1.29 is 14.3 Å². The maximum absolute atomic E-state index is 12.4. The molecule has 3 aromatic carbocycles. The van der Waals surface area contributed by atoms with Crippen LogP contribution in [0.5, 0.6) is 5.75 Å². The van der Waals surface area contributed by atoms with E-state index in [1.807, 2.05) is 24.3 Å². The van der Waals surface area contributed by atoms with E-state index in [4.69, 9.17) is 16.3 Å². The minimum Gasteiger partial charge on any atom is -0.496 e. The molecular weight excluding hydrogens is 388 g/mol. The van der Waals surface area contributed by atoms with Crippen molar-refractivity contribution >= 4 is 40.9 Å². The van der Waals surface area contributed by atoms with E-state index >= 15 is 0 Å². The zero-order valence-corrected chi connectivity index (χ0v) is 16.4. The van der Waals surface area contributed by atoms with E-state index < -0.39 is 0 Å². The molecule has 0 radical (unpaired) electrons. The van der Waals surface area contributed by atoms with Crippen molar-refractivity contribution in [1.29, 1.82) is 0 Å². The summed E-state index contributed by atoms with van der Waals surface area (Å²) >= 11 is 5.94. The SMILES string of the molecule is COc1ccccc1/C=C/C(=O)Nc1cccc(C(=O)Nc2cccc(Cl)c2)c1. The van der Waals surface area contributed by atoms with Crippen molar-refractivity contribution in [2.75, 3.05) is 17.7 Å². The second kappa shape index (κ2) is 9.57. The average molecular weight is 407 g/mol. The number of carbonyl (C=O) groups excluding carboxylic acids is 2. The quantitative estimate of drug-likeness (QED) is 0.549. The summed E-state index contributed by atoms with van der Waals surface area (Å²) in [5, 5.41) is 6.06. The van der Waals surface area contributed by atoms with Gasteiger partial charge in [0.2, 0.25) is 5.91 Å². The molecule has 0 heterocycles. The summed E-state index contributed by atoms with van der Waals surface area (Å²) in [7, 11) is 1.58. The van der Waals surface area contributed by atoms with Gasteiger partial charge in [0.25, 0.3) is 5.91 Å². The molecule has 0 aliphatic rings. The fourth-order valence-electron chi connectivity index (χ4n) is 2.66. The molecule has 0 aliphatic heterocycles. The fraction of sp³-hybridized carbons (Fsp3) is 0.0435. The molecule has 5 nitrogen and oxygen atoms in total. The van der Waals surface area contributed by atoms with Crippen LogP contribution in [-0.2, 0) is 4.79 Å². The van der Waals surface area contributed by atoms with Crippen LogP contribution in [0.1, 0.15) is 15.9 Å². The molecule has 0 saturated heterocycles. The van der Waals surface area contributed by atoms with Gasteiger partial charge in [-0.2, -0.15) is 0 Å². The van der Waals surface area contributed by atoms with Crippen LogP contribution in [0.25, 0.3) is 6.08 Å². The van der Waals surface area contributed by atoms with Gasteiger partial charge in [-0.05, 0) is 48.5 Å². The van der Waals surface area contributed by atoms with Crippen molar-refractivity contribution in [2.24, 2.45) is 0 Å². The van der Waals surface area contributed by atoms with Gasteiger partial charge in [0, 0.05) is 33.6 Å². The predicted octanol–water partition coefficient (Wildman–Crippen LogP) is 5.25. The van der Waals surface area contributed by atoms with Gasteiger partial charge in [0.1, 0.15) is 5.75 Å². The molecule has 0 atom stereocenters. The van der Waals surface area contributed by atoms with Gasteiger partial charge in [-0.3, -0.25) is 9.59 Å². The number of anilines is 2. The van der Waals surface area contributed by atoms with Gasteiger partial charge in [0.05, 0.1) is 7.11 Å². The molecule has 3 aromatic rings. The molecule has 0 spiro atoms. The second-order valence-corrected chi connectivity index (χ2v) is 6.55. The molecule has 0 aliphatic carbocycles. The third kappa shape index (κ3) is 5.70. The number of hydrogen-bond donors (Lipinski definition) is 2. The van der Waals surface area contributed by atoms with E-state index in [1.165, 1.54) is 6.08 Å². The Kier molecular flexibility index (Phi) is 6.66. The number of rotatable bonds is 6. The highest BCUT2D eigenvalue weighted by Gasteiger charge is 2.08. The number of halogens is 1. The third-order valence-electron chi connectivity index (χ3n) is 4.03. The number of amides is 2. The Morgan fingerprint density at radius 1 is 0.897 bits per heavy atom.